The van der Waals surface area contributed by atoms with Crippen molar-refractivity contribution in [2.24, 2.45) is 7.05 Å². The number of H-pyrrole nitrogens is 1. The lowest BCUT2D eigenvalue weighted by Gasteiger charge is -2.08. The maximum absolute atomic E-state index is 13.7. The highest BCUT2D eigenvalue weighted by atomic mass is 32.1. The summed E-state index contributed by atoms with van der Waals surface area (Å²) in [6.45, 7) is 0. The molecule has 0 atom stereocenters. The predicted octanol–water partition coefficient (Wildman–Crippen LogP) is 2.29. The SMILES string of the molecule is COc1cccc(F)c1-c1n[nH]c(=S)n1C. The minimum absolute atomic E-state index is 0.305. The van der Waals surface area contributed by atoms with Crippen LogP contribution in [0.4, 0.5) is 4.39 Å². The van der Waals surface area contributed by atoms with E-state index in [0.717, 1.165) is 0 Å². The Bertz CT molecular complexity index is 576. The smallest absolute Gasteiger partial charge is 0.195 e. The molecule has 4 nitrogen and oxygen atoms in total. The molecular formula is C10H10FN3OS. The number of ether oxygens (including phenoxy) is 1. The summed E-state index contributed by atoms with van der Waals surface area (Å²) in [5, 5.41) is 6.59. The Balaban J connectivity index is 2.72. The highest BCUT2D eigenvalue weighted by molar-refractivity contribution is 7.71. The van der Waals surface area contributed by atoms with Crippen molar-refractivity contribution >= 4 is 12.2 Å². The van der Waals surface area contributed by atoms with E-state index >= 15 is 0 Å². The van der Waals surface area contributed by atoms with Crippen molar-refractivity contribution in [2.75, 3.05) is 7.11 Å². The standard InChI is InChI=1S/C10H10FN3OS/c1-14-9(12-13-10(14)16)8-6(11)4-3-5-7(8)15-2/h3-5H,1-2H3,(H,13,16). The van der Waals surface area contributed by atoms with E-state index in [1.54, 1.807) is 23.7 Å². The number of halogens is 1. The summed E-state index contributed by atoms with van der Waals surface area (Å²) in [6.07, 6.45) is 0. The van der Waals surface area contributed by atoms with Crippen molar-refractivity contribution in [1.82, 2.24) is 14.8 Å². The molecule has 0 unspecified atom stereocenters. The second-order valence-corrected chi connectivity index (χ2v) is 3.62. The van der Waals surface area contributed by atoms with Crippen molar-refractivity contribution in [3.63, 3.8) is 0 Å². The Morgan fingerprint density at radius 2 is 2.25 bits per heavy atom. The minimum atomic E-state index is -0.392. The van der Waals surface area contributed by atoms with Gasteiger partial charge in [-0.3, -0.25) is 5.10 Å². The average molecular weight is 239 g/mol. The van der Waals surface area contributed by atoms with E-state index < -0.39 is 5.82 Å². The number of nitrogens with one attached hydrogen (secondary N) is 1. The van der Waals surface area contributed by atoms with E-state index in [-0.39, 0.29) is 0 Å². The summed E-state index contributed by atoms with van der Waals surface area (Å²) in [5.41, 5.74) is 0.305. The number of rotatable bonds is 2. The first-order valence-corrected chi connectivity index (χ1v) is 5.00. The van der Waals surface area contributed by atoms with Gasteiger partial charge in [-0.1, -0.05) is 6.07 Å². The molecule has 6 heteroatoms. The van der Waals surface area contributed by atoms with Gasteiger partial charge in [0.2, 0.25) is 0 Å². The molecule has 0 amide bonds. The summed E-state index contributed by atoms with van der Waals surface area (Å²) in [7, 11) is 3.20. The van der Waals surface area contributed by atoms with Crippen LogP contribution in [0.25, 0.3) is 11.4 Å². The van der Waals surface area contributed by atoms with Crippen LogP contribution in [0.2, 0.25) is 0 Å². The monoisotopic (exact) mass is 239 g/mol. The second kappa shape index (κ2) is 4.05. The van der Waals surface area contributed by atoms with Crippen LogP contribution in [0.1, 0.15) is 0 Å². The fraction of sp³-hybridized carbons (Fsp3) is 0.200. The van der Waals surface area contributed by atoms with Gasteiger partial charge in [-0.2, -0.15) is 5.10 Å². The molecule has 16 heavy (non-hydrogen) atoms. The van der Waals surface area contributed by atoms with Crippen molar-refractivity contribution in [2.45, 2.75) is 0 Å². The fourth-order valence-electron chi connectivity index (χ4n) is 1.46. The normalized spacial score (nSPS) is 10.4. The highest BCUT2D eigenvalue weighted by Gasteiger charge is 2.16. The zero-order chi connectivity index (χ0) is 11.7. The number of hydrogen-bond acceptors (Lipinski definition) is 3. The number of hydrogen-bond donors (Lipinski definition) is 1. The van der Waals surface area contributed by atoms with Crippen LogP contribution < -0.4 is 4.74 Å². The van der Waals surface area contributed by atoms with Gasteiger partial charge in [-0.05, 0) is 24.4 Å². The molecular weight excluding hydrogens is 229 g/mol. The van der Waals surface area contributed by atoms with Crippen LogP contribution in [-0.4, -0.2) is 21.9 Å². The van der Waals surface area contributed by atoms with Gasteiger partial charge in [0.25, 0.3) is 0 Å². The Hall–Kier alpha value is -1.69. The third-order valence-corrected chi connectivity index (χ3v) is 2.66. The van der Waals surface area contributed by atoms with E-state index in [9.17, 15) is 4.39 Å². The second-order valence-electron chi connectivity index (χ2n) is 3.23. The zero-order valence-electron chi connectivity index (χ0n) is 8.82. The summed E-state index contributed by atoms with van der Waals surface area (Å²) < 4.78 is 20.9. The van der Waals surface area contributed by atoms with Gasteiger partial charge in [0.05, 0.1) is 12.7 Å². The van der Waals surface area contributed by atoms with Gasteiger partial charge in [-0.15, -0.1) is 0 Å². The molecule has 1 N–H and O–H groups in total. The molecule has 2 aromatic rings. The van der Waals surface area contributed by atoms with Crippen LogP contribution in [0, 0.1) is 10.6 Å². The summed E-state index contributed by atoms with van der Waals surface area (Å²) in [6, 6.07) is 4.62. The van der Waals surface area contributed by atoms with E-state index in [0.29, 0.717) is 21.9 Å². The van der Waals surface area contributed by atoms with E-state index in [1.165, 1.54) is 13.2 Å². The molecule has 0 radical (unpaired) electrons. The topological polar surface area (TPSA) is 42.8 Å². The molecule has 0 aliphatic heterocycles. The van der Waals surface area contributed by atoms with Crippen molar-refractivity contribution < 1.29 is 9.13 Å². The summed E-state index contributed by atoms with van der Waals surface area (Å²) in [5.74, 6) is 0.452. The Labute approximate surface area is 96.7 Å². The molecule has 0 fully saturated rings. The minimum Gasteiger partial charge on any atom is -0.496 e. The molecule has 1 heterocycles. The van der Waals surface area contributed by atoms with Crippen LogP contribution in [0.5, 0.6) is 5.75 Å². The molecule has 0 aliphatic rings. The van der Waals surface area contributed by atoms with Gasteiger partial charge in [0.15, 0.2) is 10.6 Å². The van der Waals surface area contributed by atoms with Crippen LogP contribution in [0.3, 0.4) is 0 Å². The maximum Gasteiger partial charge on any atom is 0.195 e. The largest absolute Gasteiger partial charge is 0.496 e. The maximum atomic E-state index is 13.7. The third-order valence-electron chi connectivity index (χ3n) is 2.30. The molecule has 1 aromatic carbocycles. The lowest BCUT2D eigenvalue weighted by Crippen LogP contribution is -1.98. The van der Waals surface area contributed by atoms with Gasteiger partial charge >= 0.3 is 0 Å². The molecule has 0 saturated heterocycles. The van der Waals surface area contributed by atoms with Gasteiger partial charge < -0.3 is 9.30 Å². The number of benzene rings is 1. The number of aromatic nitrogens is 3. The van der Waals surface area contributed by atoms with Crippen LogP contribution in [-0.2, 0) is 7.05 Å². The lowest BCUT2D eigenvalue weighted by atomic mass is 10.1. The molecule has 84 valence electrons. The van der Waals surface area contributed by atoms with E-state index in [2.05, 4.69) is 10.2 Å². The highest BCUT2D eigenvalue weighted by Crippen LogP contribution is 2.30. The average Bonchev–Trinajstić information content (AvgIpc) is 2.60. The van der Waals surface area contributed by atoms with Crippen LogP contribution in [0.15, 0.2) is 18.2 Å². The molecule has 0 saturated carbocycles. The van der Waals surface area contributed by atoms with E-state index in [1.807, 2.05) is 0 Å². The Kier molecular flexibility index (Phi) is 2.74. The Morgan fingerprint density at radius 1 is 1.50 bits per heavy atom. The molecule has 0 spiro atoms. The van der Waals surface area contributed by atoms with Crippen molar-refractivity contribution in [3.8, 4) is 17.1 Å². The lowest BCUT2D eigenvalue weighted by molar-refractivity contribution is 0.413. The van der Waals surface area contributed by atoms with Crippen molar-refractivity contribution in [3.05, 3.63) is 28.8 Å². The van der Waals surface area contributed by atoms with E-state index in [4.69, 9.17) is 17.0 Å². The predicted molar refractivity (Wildman–Crippen MR) is 60.3 cm³/mol. The first-order chi connectivity index (χ1) is 7.65. The zero-order valence-corrected chi connectivity index (χ0v) is 9.64. The van der Waals surface area contributed by atoms with Crippen LogP contribution >= 0.6 is 12.2 Å². The third kappa shape index (κ3) is 1.61. The molecule has 0 bridgehead atoms. The molecule has 1 aromatic heterocycles. The van der Waals surface area contributed by atoms with Gasteiger partial charge in [-0.25, -0.2) is 4.39 Å². The first kappa shape index (κ1) is 10.8. The quantitative estimate of drug-likeness (QED) is 0.818. The number of aromatic amines is 1. The number of methoxy groups -OCH3 is 1. The molecule has 0 aliphatic carbocycles. The van der Waals surface area contributed by atoms with Gasteiger partial charge in [0.1, 0.15) is 11.6 Å². The van der Waals surface area contributed by atoms with Gasteiger partial charge in [0, 0.05) is 7.05 Å². The molecule has 2 rings (SSSR count). The van der Waals surface area contributed by atoms with Crippen molar-refractivity contribution in [1.29, 1.82) is 0 Å². The Morgan fingerprint density at radius 3 is 2.81 bits per heavy atom. The first-order valence-electron chi connectivity index (χ1n) is 4.59. The summed E-state index contributed by atoms with van der Waals surface area (Å²) in [4.78, 5) is 0. The summed E-state index contributed by atoms with van der Waals surface area (Å²) >= 11 is 4.98. The fourth-order valence-corrected chi connectivity index (χ4v) is 1.59. The number of nitrogens with zero attached hydrogens (tertiary/aromatic N) is 2.